The van der Waals surface area contributed by atoms with Crippen LogP contribution >= 0.6 is 35.0 Å². The summed E-state index contributed by atoms with van der Waals surface area (Å²) in [6, 6.07) is 14.1. The zero-order valence-corrected chi connectivity index (χ0v) is 12.9. The van der Waals surface area contributed by atoms with E-state index in [1.165, 1.54) is 5.56 Å². The first-order chi connectivity index (χ1) is 9.15. The van der Waals surface area contributed by atoms with Crippen molar-refractivity contribution in [1.29, 1.82) is 0 Å². The predicted molar refractivity (Wildman–Crippen MR) is 86.9 cm³/mol. The molecule has 100 valence electrons. The molecule has 2 aromatic carbocycles. The minimum atomic E-state index is 0.601. The van der Waals surface area contributed by atoms with Gasteiger partial charge in [-0.1, -0.05) is 40.9 Å². The average Bonchev–Trinajstić information content (AvgIpc) is 2.41. The highest BCUT2D eigenvalue weighted by Crippen LogP contribution is 2.27. The Hall–Kier alpha value is -0.830. The Morgan fingerprint density at radius 3 is 2.42 bits per heavy atom. The standard InChI is InChI=1S/C15H15Cl2NS/c1-11-2-4-12(5-3-11)18-8-9-19-13-6-7-14(16)15(17)10-13/h2-7,10,18H,8-9H2,1H3. The first kappa shape index (κ1) is 14.6. The number of anilines is 1. The molecule has 0 unspecified atom stereocenters. The van der Waals surface area contributed by atoms with Gasteiger partial charge in [0.25, 0.3) is 0 Å². The van der Waals surface area contributed by atoms with E-state index in [0.29, 0.717) is 10.0 Å². The Balaban J connectivity index is 1.77. The van der Waals surface area contributed by atoms with Gasteiger partial charge in [0.2, 0.25) is 0 Å². The van der Waals surface area contributed by atoms with Crippen molar-refractivity contribution in [2.24, 2.45) is 0 Å². The summed E-state index contributed by atoms with van der Waals surface area (Å²) >= 11 is 13.6. The van der Waals surface area contributed by atoms with Gasteiger partial charge in [-0.05, 0) is 37.3 Å². The molecular formula is C15H15Cl2NS. The average molecular weight is 312 g/mol. The summed E-state index contributed by atoms with van der Waals surface area (Å²) in [7, 11) is 0. The van der Waals surface area contributed by atoms with Gasteiger partial charge in [-0.15, -0.1) is 11.8 Å². The number of hydrogen-bond donors (Lipinski definition) is 1. The topological polar surface area (TPSA) is 12.0 Å². The Morgan fingerprint density at radius 2 is 1.74 bits per heavy atom. The Labute approximate surface area is 128 Å². The number of benzene rings is 2. The maximum atomic E-state index is 5.98. The molecule has 0 spiro atoms. The SMILES string of the molecule is Cc1ccc(NCCSc2ccc(Cl)c(Cl)c2)cc1. The lowest BCUT2D eigenvalue weighted by Gasteiger charge is -2.07. The van der Waals surface area contributed by atoms with Crippen LogP contribution in [0.5, 0.6) is 0 Å². The van der Waals surface area contributed by atoms with Crippen LogP contribution in [0.2, 0.25) is 10.0 Å². The fraction of sp³-hybridized carbons (Fsp3) is 0.200. The van der Waals surface area contributed by atoms with Crippen molar-refractivity contribution in [3.05, 3.63) is 58.1 Å². The van der Waals surface area contributed by atoms with E-state index in [-0.39, 0.29) is 0 Å². The molecule has 2 aromatic rings. The molecule has 0 heterocycles. The smallest absolute Gasteiger partial charge is 0.0603 e. The molecule has 0 saturated heterocycles. The maximum absolute atomic E-state index is 5.98. The van der Waals surface area contributed by atoms with Gasteiger partial charge in [0, 0.05) is 22.9 Å². The minimum Gasteiger partial charge on any atom is -0.384 e. The molecule has 0 aliphatic carbocycles. The molecule has 0 amide bonds. The number of hydrogen-bond acceptors (Lipinski definition) is 2. The first-order valence-corrected chi connectivity index (χ1v) is 7.78. The van der Waals surface area contributed by atoms with Crippen molar-refractivity contribution >= 4 is 40.7 Å². The highest BCUT2D eigenvalue weighted by atomic mass is 35.5. The van der Waals surface area contributed by atoms with Crippen LogP contribution in [-0.4, -0.2) is 12.3 Å². The van der Waals surface area contributed by atoms with Crippen molar-refractivity contribution in [1.82, 2.24) is 0 Å². The third-order valence-electron chi connectivity index (χ3n) is 2.64. The van der Waals surface area contributed by atoms with Gasteiger partial charge >= 0.3 is 0 Å². The molecule has 0 aromatic heterocycles. The first-order valence-electron chi connectivity index (χ1n) is 6.03. The van der Waals surface area contributed by atoms with Crippen LogP contribution in [0.1, 0.15) is 5.56 Å². The normalized spacial score (nSPS) is 10.5. The lowest BCUT2D eigenvalue weighted by Crippen LogP contribution is -2.03. The van der Waals surface area contributed by atoms with E-state index >= 15 is 0 Å². The number of nitrogens with one attached hydrogen (secondary N) is 1. The maximum Gasteiger partial charge on any atom is 0.0603 e. The molecule has 0 radical (unpaired) electrons. The van der Waals surface area contributed by atoms with Gasteiger partial charge in [-0.3, -0.25) is 0 Å². The number of halogens is 2. The number of thioether (sulfide) groups is 1. The zero-order chi connectivity index (χ0) is 13.7. The van der Waals surface area contributed by atoms with E-state index in [1.807, 2.05) is 18.2 Å². The highest BCUT2D eigenvalue weighted by Gasteiger charge is 2.00. The summed E-state index contributed by atoms with van der Waals surface area (Å²) < 4.78 is 0. The molecule has 0 atom stereocenters. The van der Waals surface area contributed by atoms with E-state index in [9.17, 15) is 0 Å². The van der Waals surface area contributed by atoms with E-state index in [0.717, 1.165) is 22.9 Å². The van der Waals surface area contributed by atoms with Crippen LogP contribution in [-0.2, 0) is 0 Å². The molecule has 2 rings (SSSR count). The second-order valence-electron chi connectivity index (χ2n) is 4.22. The highest BCUT2D eigenvalue weighted by molar-refractivity contribution is 7.99. The van der Waals surface area contributed by atoms with E-state index in [4.69, 9.17) is 23.2 Å². The van der Waals surface area contributed by atoms with E-state index in [2.05, 4.69) is 36.5 Å². The van der Waals surface area contributed by atoms with Gasteiger partial charge in [0.1, 0.15) is 0 Å². The molecule has 0 aliphatic heterocycles. The number of rotatable bonds is 5. The van der Waals surface area contributed by atoms with Gasteiger partial charge in [-0.25, -0.2) is 0 Å². The predicted octanol–water partition coefficient (Wildman–Crippen LogP) is 5.51. The Morgan fingerprint density at radius 1 is 1.00 bits per heavy atom. The van der Waals surface area contributed by atoms with Crippen LogP contribution in [0.25, 0.3) is 0 Å². The van der Waals surface area contributed by atoms with E-state index in [1.54, 1.807) is 11.8 Å². The zero-order valence-electron chi connectivity index (χ0n) is 10.6. The molecule has 0 saturated carbocycles. The lowest BCUT2D eigenvalue weighted by atomic mass is 10.2. The number of aryl methyl sites for hydroxylation is 1. The van der Waals surface area contributed by atoms with Gasteiger partial charge in [0.15, 0.2) is 0 Å². The largest absolute Gasteiger partial charge is 0.384 e. The van der Waals surface area contributed by atoms with Crippen LogP contribution in [0, 0.1) is 6.92 Å². The molecule has 0 aliphatic rings. The van der Waals surface area contributed by atoms with Crippen molar-refractivity contribution in [2.75, 3.05) is 17.6 Å². The summed E-state index contributed by atoms with van der Waals surface area (Å²) in [5, 5.41) is 4.60. The van der Waals surface area contributed by atoms with Crippen LogP contribution in [0.3, 0.4) is 0 Å². The van der Waals surface area contributed by atoms with Gasteiger partial charge < -0.3 is 5.32 Å². The summed E-state index contributed by atoms with van der Waals surface area (Å²) in [4.78, 5) is 1.14. The van der Waals surface area contributed by atoms with E-state index < -0.39 is 0 Å². The molecular weight excluding hydrogens is 297 g/mol. The summed E-state index contributed by atoms with van der Waals surface area (Å²) in [6.07, 6.45) is 0. The fourth-order valence-corrected chi connectivity index (χ4v) is 2.77. The molecule has 4 heteroatoms. The second kappa shape index (κ2) is 7.09. The third kappa shape index (κ3) is 4.64. The molecule has 0 bridgehead atoms. The summed E-state index contributed by atoms with van der Waals surface area (Å²) in [6.45, 7) is 3.00. The third-order valence-corrected chi connectivity index (χ3v) is 4.38. The summed E-state index contributed by atoms with van der Waals surface area (Å²) in [5.74, 6) is 0.978. The van der Waals surface area contributed by atoms with Crippen LogP contribution in [0.15, 0.2) is 47.4 Å². The fourth-order valence-electron chi connectivity index (χ4n) is 1.60. The molecule has 19 heavy (non-hydrogen) atoms. The molecule has 0 fully saturated rings. The molecule has 1 nitrogen and oxygen atoms in total. The van der Waals surface area contributed by atoms with Crippen molar-refractivity contribution < 1.29 is 0 Å². The summed E-state index contributed by atoms with van der Waals surface area (Å²) in [5.41, 5.74) is 2.43. The van der Waals surface area contributed by atoms with Crippen LogP contribution < -0.4 is 5.32 Å². The van der Waals surface area contributed by atoms with Crippen molar-refractivity contribution in [3.8, 4) is 0 Å². The molecule has 1 N–H and O–H groups in total. The van der Waals surface area contributed by atoms with Gasteiger partial charge in [-0.2, -0.15) is 0 Å². The second-order valence-corrected chi connectivity index (χ2v) is 6.20. The lowest BCUT2D eigenvalue weighted by molar-refractivity contribution is 1.22. The van der Waals surface area contributed by atoms with Crippen molar-refractivity contribution in [3.63, 3.8) is 0 Å². The quantitative estimate of drug-likeness (QED) is 0.577. The van der Waals surface area contributed by atoms with Crippen LogP contribution in [0.4, 0.5) is 5.69 Å². The van der Waals surface area contributed by atoms with Gasteiger partial charge in [0.05, 0.1) is 10.0 Å². The minimum absolute atomic E-state index is 0.601. The Bertz CT molecular complexity index is 540. The monoisotopic (exact) mass is 311 g/mol. The van der Waals surface area contributed by atoms with Crippen molar-refractivity contribution in [2.45, 2.75) is 11.8 Å². The Kier molecular flexibility index (Phi) is 5.44.